The lowest BCUT2D eigenvalue weighted by molar-refractivity contribution is -0.124. The second-order valence-electron chi connectivity index (χ2n) is 9.28. The molecule has 0 aliphatic heterocycles. The zero-order valence-corrected chi connectivity index (χ0v) is 21.8. The van der Waals surface area contributed by atoms with Gasteiger partial charge in [-0.2, -0.15) is 4.68 Å². The van der Waals surface area contributed by atoms with Crippen LogP contribution < -0.4 is 10.6 Å². The zero-order chi connectivity index (χ0) is 29.1. The van der Waals surface area contributed by atoms with Gasteiger partial charge in [-0.25, -0.2) is 9.59 Å². The van der Waals surface area contributed by atoms with Crippen molar-refractivity contribution >= 4 is 47.1 Å². The van der Waals surface area contributed by atoms with Crippen molar-refractivity contribution in [2.24, 2.45) is 0 Å². The van der Waals surface area contributed by atoms with E-state index in [9.17, 15) is 24.3 Å². The van der Waals surface area contributed by atoms with Gasteiger partial charge in [0.2, 0.25) is 5.91 Å². The maximum absolute atomic E-state index is 13.6. The first-order chi connectivity index (χ1) is 19.7. The Morgan fingerprint density at radius 1 is 0.976 bits per heavy atom. The van der Waals surface area contributed by atoms with E-state index in [1.165, 1.54) is 59.6 Å². The highest BCUT2D eigenvalue weighted by molar-refractivity contribution is 6.30. The minimum Gasteiger partial charge on any atom is -0.478 e. The van der Waals surface area contributed by atoms with Gasteiger partial charge in [0.1, 0.15) is 11.9 Å². The molecule has 1 heterocycles. The van der Waals surface area contributed by atoms with Gasteiger partial charge in [0.25, 0.3) is 5.91 Å². The van der Waals surface area contributed by atoms with E-state index in [2.05, 4.69) is 26.2 Å². The lowest BCUT2D eigenvalue weighted by Crippen LogP contribution is -2.47. The largest absolute Gasteiger partial charge is 0.478 e. The van der Waals surface area contributed by atoms with Crippen LogP contribution in [0.3, 0.4) is 0 Å². The number of tetrazole rings is 1. The molecule has 0 spiro atoms. The highest BCUT2D eigenvalue weighted by atomic mass is 35.5. The molecule has 5 rings (SSSR count). The summed E-state index contributed by atoms with van der Waals surface area (Å²) in [5.74, 6) is -3.86. The third-order valence-corrected chi connectivity index (χ3v) is 6.87. The molecule has 0 radical (unpaired) electrons. The summed E-state index contributed by atoms with van der Waals surface area (Å²) in [4.78, 5) is 49.4. The number of hydrogen-bond acceptors (Lipinski definition) is 7. The smallest absolute Gasteiger partial charge is 0.335 e. The first kappa shape index (κ1) is 27.2. The van der Waals surface area contributed by atoms with Gasteiger partial charge >= 0.3 is 11.9 Å². The maximum atomic E-state index is 13.6. The number of nitrogens with one attached hydrogen (secondary N) is 2. The number of carbonyl (C=O) groups is 4. The molecule has 0 saturated heterocycles. The quantitative estimate of drug-likeness (QED) is 0.219. The van der Waals surface area contributed by atoms with E-state index in [1.807, 2.05) is 0 Å². The molecule has 12 nitrogen and oxygen atoms in total. The van der Waals surface area contributed by atoms with Gasteiger partial charge in [-0.15, -0.1) is 5.10 Å². The van der Waals surface area contributed by atoms with Crippen LogP contribution in [0.2, 0.25) is 5.02 Å². The number of aromatic carboxylic acids is 2. The van der Waals surface area contributed by atoms with Gasteiger partial charge in [-0.05, 0) is 83.1 Å². The van der Waals surface area contributed by atoms with E-state index >= 15 is 0 Å². The number of benzene rings is 3. The van der Waals surface area contributed by atoms with Gasteiger partial charge in [-0.1, -0.05) is 23.7 Å². The normalized spacial score (nSPS) is 17.6. The Labute approximate surface area is 237 Å². The van der Waals surface area contributed by atoms with Crippen LogP contribution in [0, 0.1) is 0 Å². The Morgan fingerprint density at radius 2 is 1.73 bits per heavy atom. The lowest BCUT2D eigenvalue weighted by Gasteiger charge is -2.19. The fraction of sp³-hybridized carbons (Fsp3) is 0.107. The molecule has 41 heavy (non-hydrogen) atoms. The van der Waals surface area contributed by atoms with Crippen molar-refractivity contribution in [1.29, 1.82) is 0 Å². The van der Waals surface area contributed by atoms with E-state index < -0.39 is 35.2 Å². The number of carboxylic acid groups (broad SMARTS) is 2. The Balaban J connectivity index is 1.41. The first-order valence-electron chi connectivity index (χ1n) is 12.2. The van der Waals surface area contributed by atoms with E-state index in [-0.39, 0.29) is 17.5 Å². The molecule has 1 saturated carbocycles. The third kappa shape index (κ3) is 5.82. The number of rotatable bonds is 9. The molecular formula is C28H21ClN6O6. The molecule has 2 amide bonds. The highest BCUT2D eigenvalue weighted by Gasteiger charge is 2.61. The molecule has 4 N–H and O–H groups in total. The number of amides is 2. The van der Waals surface area contributed by atoms with Gasteiger partial charge < -0.3 is 20.8 Å². The highest BCUT2D eigenvalue weighted by Crippen LogP contribution is 2.52. The molecule has 4 aromatic rings. The van der Waals surface area contributed by atoms with E-state index in [0.717, 1.165) is 0 Å². The molecule has 1 aliphatic rings. The van der Waals surface area contributed by atoms with Gasteiger partial charge in [0, 0.05) is 28.3 Å². The second kappa shape index (κ2) is 11.0. The van der Waals surface area contributed by atoms with Gasteiger partial charge in [0.05, 0.1) is 16.8 Å². The molecule has 1 unspecified atom stereocenters. The van der Waals surface area contributed by atoms with Crippen LogP contribution in [0.15, 0.2) is 79.1 Å². The lowest BCUT2D eigenvalue weighted by atomic mass is 10.0. The predicted octanol–water partition coefficient (Wildman–Crippen LogP) is 3.41. The van der Waals surface area contributed by atoms with Crippen LogP contribution >= 0.6 is 11.6 Å². The monoisotopic (exact) mass is 572 g/mol. The summed E-state index contributed by atoms with van der Waals surface area (Å²) in [5, 5.41) is 35.6. The fourth-order valence-corrected chi connectivity index (χ4v) is 4.69. The molecule has 2 atom stereocenters. The van der Waals surface area contributed by atoms with E-state index in [4.69, 9.17) is 16.7 Å². The topological polar surface area (TPSA) is 176 Å². The van der Waals surface area contributed by atoms with Crippen LogP contribution in [0.4, 0.5) is 5.69 Å². The van der Waals surface area contributed by atoms with Crippen molar-refractivity contribution in [2.45, 2.75) is 17.9 Å². The summed E-state index contributed by atoms with van der Waals surface area (Å²) in [6.07, 6.45) is 4.36. The fourth-order valence-electron chi connectivity index (χ4n) is 4.50. The predicted molar refractivity (Wildman–Crippen MR) is 147 cm³/mol. The van der Waals surface area contributed by atoms with E-state index in [0.29, 0.717) is 27.5 Å². The first-order valence-corrected chi connectivity index (χ1v) is 12.6. The average Bonchev–Trinajstić information content (AvgIpc) is 3.42. The number of nitrogens with zero attached hydrogens (tertiary/aromatic N) is 4. The SMILES string of the molecule is O=C(/C=C/c1cc(Cl)ccc1-n1cnnn1)NC1(C(=O)Nc2ccc(C(=O)O)cc2)C[C@H]1c1cccc(C(=O)O)c1. The number of carbonyl (C=O) groups excluding carboxylic acids is 2. The maximum Gasteiger partial charge on any atom is 0.335 e. The van der Waals surface area contributed by atoms with Crippen molar-refractivity contribution in [1.82, 2.24) is 25.5 Å². The van der Waals surface area contributed by atoms with E-state index in [1.54, 1.807) is 30.3 Å². The Bertz CT molecular complexity index is 1690. The van der Waals surface area contributed by atoms with Crippen LogP contribution in [-0.2, 0) is 9.59 Å². The van der Waals surface area contributed by atoms with Crippen molar-refractivity contribution in [2.75, 3.05) is 5.32 Å². The summed E-state index contributed by atoms with van der Waals surface area (Å²) in [7, 11) is 0. The van der Waals surface area contributed by atoms with Crippen LogP contribution in [0.1, 0.15) is 44.2 Å². The second-order valence-corrected chi connectivity index (χ2v) is 9.71. The molecule has 0 bridgehead atoms. The van der Waals surface area contributed by atoms with Crippen molar-refractivity contribution in [3.8, 4) is 5.69 Å². The molecular weight excluding hydrogens is 552 g/mol. The summed E-state index contributed by atoms with van der Waals surface area (Å²) >= 11 is 6.15. The minimum atomic E-state index is -1.39. The number of anilines is 1. The molecule has 13 heteroatoms. The molecule has 1 aromatic heterocycles. The zero-order valence-electron chi connectivity index (χ0n) is 21.1. The van der Waals surface area contributed by atoms with Gasteiger partial charge in [-0.3, -0.25) is 9.59 Å². The average molecular weight is 573 g/mol. The Hall–Kier alpha value is -5.36. The van der Waals surface area contributed by atoms with Crippen molar-refractivity contribution < 1.29 is 29.4 Å². The standard InChI is InChI=1S/C28H21ClN6O6/c29-20-7-10-23(35-15-30-33-34-35)18(13-20)6-11-24(36)32-28(14-22(28)17-2-1-3-19(12-17)26(39)40)27(41)31-21-8-4-16(5-9-21)25(37)38/h1-13,15,22H,14H2,(H,31,41)(H,32,36)(H,37,38)(H,39,40)/b11-6+/t22-,28?/m0/s1. The summed E-state index contributed by atoms with van der Waals surface area (Å²) < 4.78 is 1.41. The van der Waals surface area contributed by atoms with Crippen LogP contribution in [-0.4, -0.2) is 59.7 Å². The number of carboxylic acids is 2. The Kier molecular flexibility index (Phi) is 7.32. The van der Waals surface area contributed by atoms with Crippen molar-refractivity contribution in [3.05, 3.63) is 106 Å². The number of aromatic nitrogens is 4. The summed E-state index contributed by atoms with van der Waals surface area (Å²) in [6, 6.07) is 16.7. The minimum absolute atomic E-state index is 0.0491. The Morgan fingerprint density at radius 3 is 2.41 bits per heavy atom. The number of halogens is 1. The molecule has 206 valence electrons. The summed E-state index contributed by atoms with van der Waals surface area (Å²) in [5.41, 5.74) is 0.717. The molecule has 3 aromatic carbocycles. The number of hydrogen-bond donors (Lipinski definition) is 4. The van der Waals surface area contributed by atoms with Crippen LogP contribution in [0.25, 0.3) is 11.8 Å². The van der Waals surface area contributed by atoms with Gasteiger partial charge in [0.15, 0.2) is 0 Å². The molecule has 1 fully saturated rings. The van der Waals surface area contributed by atoms with Crippen molar-refractivity contribution in [3.63, 3.8) is 0 Å². The third-order valence-electron chi connectivity index (χ3n) is 6.64. The summed E-state index contributed by atoms with van der Waals surface area (Å²) in [6.45, 7) is 0. The van der Waals surface area contributed by atoms with Crippen LogP contribution in [0.5, 0.6) is 0 Å². The molecule has 1 aliphatic carbocycles.